The summed E-state index contributed by atoms with van der Waals surface area (Å²) >= 11 is 0. The molecule has 2 amide bonds. The van der Waals surface area contributed by atoms with Crippen LogP contribution in [0.15, 0.2) is 0 Å². The van der Waals surface area contributed by atoms with Crippen LogP contribution < -0.4 is 5.32 Å². The second-order valence-corrected chi connectivity index (χ2v) is 3.30. The summed E-state index contributed by atoms with van der Waals surface area (Å²) in [7, 11) is 0. The summed E-state index contributed by atoms with van der Waals surface area (Å²) in [5, 5.41) is 2.98. The van der Waals surface area contributed by atoms with Gasteiger partial charge in [-0.05, 0) is 26.2 Å². The number of carbonyl (C=O) groups excluding carboxylic acids is 1. The van der Waals surface area contributed by atoms with Crippen molar-refractivity contribution in [2.75, 3.05) is 13.1 Å². The van der Waals surface area contributed by atoms with E-state index < -0.39 is 0 Å². The van der Waals surface area contributed by atoms with Crippen LogP contribution in [-0.2, 0) is 0 Å². The van der Waals surface area contributed by atoms with Gasteiger partial charge < -0.3 is 10.2 Å². The second kappa shape index (κ2) is 4.33. The molecule has 1 aliphatic carbocycles. The quantitative estimate of drug-likeness (QED) is 0.682. The molecule has 0 atom stereocenters. The van der Waals surface area contributed by atoms with Crippen molar-refractivity contribution >= 4 is 6.03 Å². The van der Waals surface area contributed by atoms with Gasteiger partial charge in [0.1, 0.15) is 0 Å². The Hall–Kier alpha value is -0.730. The third kappa shape index (κ3) is 2.72. The van der Waals surface area contributed by atoms with Crippen LogP contribution in [0.4, 0.5) is 4.79 Å². The number of nitrogens with one attached hydrogen (secondary N) is 1. The number of nitrogens with zero attached hydrogens (tertiary/aromatic N) is 1. The van der Waals surface area contributed by atoms with Gasteiger partial charge in [0.05, 0.1) is 0 Å². The molecule has 0 saturated heterocycles. The van der Waals surface area contributed by atoms with E-state index in [9.17, 15) is 4.79 Å². The van der Waals surface area contributed by atoms with Crippen LogP contribution in [0.1, 0.15) is 33.1 Å². The average molecular weight is 170 g/mol. The van der Waals surface area contributed by atoms with E-state index >= 15 is 0 Å². The fourth-order valence-corrected chi connectivity index (χ4v) is 1.17. The number of amides is 2. The van der Waals surface area contributed by atoms with Crippen LogP contribution in [-0.4, -0.2) is 30.1 Å². The standard InChI is InChI=1S/C9H18N2O/c1-3-7-11(4-2)9(12)10-8-5-6-8/h8H,3-7H2,1-2H3,(H,10,12). The first-order valence-electron chi connectivity index (χ1n) is 4.83. The number of rotatable bonds is 4. The zero-order valence-electron chi connectivity index (χ0n) is 7.97. The van der Waals surface area contributed by atoms with Gasteiger partial charge in [0.2, 0.25) is 0 Å². The number of carbonyl (C=O) groups is 1. The lowest BCUT2D eigenvalue weighted by Gasteiger charge is -2.20. The molecule has 1 fully saturated rings. The van der Waals surface area contributed by atoms with Gasteiger partial charge in [-0.25, -0.2) is 4.79 Å². The highest BCUT2D eigenvalue weighted by atomic mass is 16.2. The smallest absolute Gasteiger partial charge is 0.317 e. The zero-order chi connectivity index (χ0) is 8.97. The largest absolute Gasteiger partial charge is 0.335 e. The fraction of sp³-hybridized carbons (Fsp3) is 0.889. The summed E-state index contributed by atoms with van der Waals surface area (Å²) < 4.78 is 0. The van der Waals surface area contributed by atoms with Crippen LogP contribution in [0.3, 0.4) is 0 Å². The molecule has 70 valence electrons. The molecule has 0 aromatic carbocycles. The molecule has 0 bridgehead atoms. The topological polar surface area (TPSA) is 32.3 Å². The molecule has 0 aliphatic heterocycles. The third-order valence-electron chi connectivity index (χ3n) is 2.07. The second-order valence-electron chi connectivity index (χ2n) is 3.30. The Morgan fingerprint density at radius 3 is 2.58 bits per heavy atom. The van der Waals surface area contributed by atoms with Gasteiger partial charge in [0.25, 0.3) is 0 Å². The van der Waals surface area contributed by atoms with E-state index in [1.165, 1.54) is 0 Å². The zero-order valence-corrected chi connectivity index (χ0v) is 7.97. The fourth-order valence-electron chi connectivity index (χ4n) is 1.17. The van der Waals surface area contributed by atoms with Crippen molar-refractivity contribution in [3.8, 4) is 0 Å². The van der Waals surface area contributed by atoms with Gasteiger partial charge in [-0.2, -0.15) is 0 Å². The molecule has 0 unspecified atom stereocenters. The minimum absolute atomic E-state index is 0.113. The normalized spacial score (nSPS) is 15.8. The molecular formula is C9H18N2O. The van der Waals surface area contributed by atoms with Gasteiger partial charge in [0, 0.05) is 19.1 Å². The van der Waals surface area contributed by atoms with Crippen LogP contribution in [0, 0.1) is 0 Å². The molecule has 0 heterocycles. The molecule has 1 saturated carbocycles. The Morgan fingerprint density at radius 2 is 2.17 bits per heavy atom. The Morgan fingerprint density at radius 1 is 1.50 bits per heavy atom. The number of hydrogen-bond acceptors (Lipinski definition) is 1. The number of hydrogen-bond donors (Lipinski definition) is 1. The minimum Gasteiger partial charge on any atom is -0.335 e. The maximum absolute atomic E-state index is 11.4. The molecular weight excluding hydrogens is 152 g/mol. The SMILES string of the molecule is CCCN(CC)C(=O)NC1CC1. The summed E-state index contributed by atoms with van der Waals surface area (Å²) in [6, 6.07) is 0.588. The van der Waals surface area contributed by atoms with Crippen molar-refractivity contribution in [3.05, 3.63) is 0 Å². The van der Waals surface area contributed by atoms with Crippen molar-refractivity contribution in [2.24, 2.45) is 0 Å². The first-order chi connectivity index (χ1) is 5.77. The minimum atomic E-state index is 0.113. The summed E-state index contributed by atoms with van der Waals surface area (Å²) in [6.07, 6.45) is 3.36. The van der Waals surface area contributed by atoms with E-state index in [0.29, 0.717) is 6.04 Å². The van der Waals surface area contributed by atoms with Crippen molar-refractivity contribution in [3.63, 3.8) is 0 Å². The molecule has 0 radical (unpaired) electrons. The molecule has 1 N–H and O–H groups in total. The monoisotopic (exact) mass is 170 g/mol. The molecule has 12 heavy (non-hydrogen) atoms. The van der Waals surface area contributed by atoms with Crippen LogP contribution in [0.2, 0.25) is 0 Å². The Kier molecular flexibility index (Phi) is 3.38. The van der Waals surface area contributed by atoms with Crippen molar-refractivity contribution in [1.29, 1.82) is 0 Å². The predicted molar refractivity (Wildman–Crippen MR) is 49.1 cm³/mol. The molecule has 3 heteroatoms. The van der Waals surface area contributed by atoms with Crippen molar-refractivity contribution in [1.82, 2.24) is 10.2 Å². The van der Waals surface area contributed by atoms with Gasteiger partial charge in [0.15, 0.2) is 0 Å². The highest BCUT2D eigenvalue weighted by molar-refractivity contribution is 5.74. The van der Waals surface area contributed by atoms with Gasteiger partial charge >= 0.3 is 6.03 Å². The maximum Gasteiger partial charge on any atom is 0.317 e. The first-order valence-corrected chi connectivity index (χ1v) is 4.83. The van der Waals surface area contributed by atoms with E-state index in [2.05, 4.69) is 12.2 Å². The van der Waals surface area contributed by atoms with Crippen molar-refractivity contribution in [2.45, 2.75) is 39.2 Å². The summed E-state index contributed by atoms with van der Waals surface area (Å²) in [6.45, 7) is 5.79. The van der Waals surface area contributed by atoms with E-state index in [-0.39, 0.29) is 6.03 Å². The summed E-state index contributed by atoms with van der Waals surface area (Å²) in [4.78, 5) is 13.3. The summed E-state index contributed by atoms with van der Waals surface area (Å²) in [5.74, 6) is 0. The van der Waals surface area contributed by atoms with Crippen molar-refractivity contribution < 1.29 is 4.79 Å². The predicted octanol–water partition coefficient (Wildman–Crippen LogP) is 1.59. The Labute approximate surface area is 74.1 Å². The van der Waals surface area contributed by atoms with Gasteiger partial charge in [-0.15, -0.1) is 0 Å². The average Bonchev–Trinajstić information content (AvgIpc) is 2.83. The molecule has 0 aromatic rings. The van der Waals surface area contributed by atoms with Gasteiger partial charge in [-0.3, -0.25) is 0 Å². The Bertz CT molecular complexity index is 155. The van der Waals surface area contributed by atoms with Crippen LogP contribution in [0.25, 0.3) is 0 Å². The van der Waals surface area contributed by atoms with E-state index in [1.807, 2.05) is 11.8 Å². The first kappa shape index (κ1) is 9.36. The van der Waals surface area contributed by atoms with E-state index in [0.717, 1.165) is 32.4 Å². The highest BCUT2D eigenvalue weighted by Gasteiger charge is 2.24. The van der Waals surface area contributed by atoms with E-state index in [1.54, 1.807) is 0 Å². The molecule has 1 rings (SSSR count). The van der Waals surface area contributed by atoms with Gasteiger partial charge in [-0.1, -0.05) is 6.92 Å². The molecule has 1 aliphatic rings. The Balaban J connectivity index is 2.24. The lowest BCUT2D eigenvalue weighted by Crippen LogP contribution is -2.41. The lowest BCUT2D eigenvalue weighted by atomic mass is 10.4. The van der Waals surface area contributed by atoms with Crippen LogP contribution in [0.5, 0.6) is 0 Å². The molecule has 0 aromatic heterocycles. The molecule has 0 spiro atoms. The maximum atomic E-state index is 11.4. The lowest BCUT2D eigenvalue weighted by molar-refractivity contribution is 0.200. The summed E-state index contributed by atoms with van der Waals surface area (Å²) in [5.41, 5.74) is 0. The highest BCUT2D eigenvalue weighted by Crippen LogP contribution is 2.18. The molecule has 3 nitrogen and oxygen atoms in total. The number of urea groups is 1. The van der Waals surface area contributed by atoms with Crippen LogP contribution >= 0.6 is 0 Å². The van der Waals surface area contributed by atoms with E-state index in [4.69, 9.17) is 0 Å². The third-order valence-corrected chi connectivity index (χ3v) is 2.07.